The van der Waals surface area contributed by atoms with E-state index in [-0.39, 0.29) is 9.92 Å². The fourth-order valence-electron chi connectivity index (χ4n) is 2.30. The average molecular weight is 325 g/mol. The molecule has 0 unspecified atom stereocenters. The lowest BCUT2D eigenvalue weighted by Gasteiger charge is -2.28. The first-order chi connectivity index (χ1) is 10.1. The van der Waals surface area contributed by atoms with Gasteiger partial charge in [-0.25, -0.2) is 0 Å². The highest BCUT2D eigenvalue weighted by Gasteiger charge is 2.23. The Hall–Kier alpha value is -1.63. The quantitative estimate of drug-likeness (QED) is 0.636. The zero-order valence-electron chi connectivity index (χ0n) is 11.1. The van der Waals surface area contributed by atoms with E-state index in [1.807, 2.05) is 12.1 Å². The Morgan fingerprint density at radius 1 is 1.24 bits per heavy atom. The van der Waals surface area contributed by atoms with Crippen LogP contribution in [0.5, 0.6) is 0 Å². The van der Waals surface area contributed by atoms with Gasteiger partial charge in [0, 0.05) is 29.7 Å². The molecule has 1 saturated heterocycles. The Bertz CT molecular complexity index is 651. The molecule has 0 N–H and O–H groups in total. The number of nitrogens with zero attached hydrogens (tertiary/aromatic N) is 2. The first-order valence-electron chi connectivity index (χ1n) is 6.52. The van der Waals surface area contributed by atoms with Crippen molar-refractivity contribution in [3.8, 4) is 11.1 Å². The van der Waals surface area contributed by atoms with Crippen LogP contribution in [0, 0.1) is 10.1 Å². The van der Waals surface area contributed by atoms with Crippen molar-refractivity contribution in [1.29, 1.82) is 0 Å². The number of nitro groups is 1. The van der Waals surface area contributed by atoms with E-state index in [9.17, 15) is 10.1 Å². The smallest absolute Gasteiger partial charge is 0.326 e. The highest BCUT2D eigenvalue weighted by Crippen LogP contribution is 2.43. The monoisotopic (exact) mass is 324 g/mol. The zero-order chi connectivity index (χ0) is 14.8. The van der Waals surface area contributed by atoms with Crippen molar-refractivity contribution in [2.24, 2.45) is 0 Å². The molecule has 2 heterocycles. The van der Waals surface area contributed by atoms with E-state index in [1.165, 1.54) is 11.3 Å². The first kappa shape index (κ1) is 14.3. The summed E-state index contributed by atoms with van der Waals surface area (Å²) in [6, 6.07) is 9.00. The molecule has 1 aromatic carbocycles. The molecule has 0 bridgehead atoms. The molecule has 1 aliphatic rings. The molecule has 0 atom stereocenters. The Kier molecular flexibility index (Phi) is 4.10. The normalized spacial score (nSPS) is 15.2. The summed E-state index contributed by atoms with van der Waals surface area (Å²) in [5.41, 5.74) is 1.82. The molecule has 0 radical (unpaired) electrons. The van der Waals surface area contributed by atoms with E-state index >= 15 is 0 Å². The lowest BCUT2D eigenvalue weighted by atomic mass is 10.1. The van der Waals surface area contributed by atoms with Crippen molar-refractivity contribution in [1.82, 2.24) is 0 Å². The summed E-state index contributed by atoms with van der Waals surface area (Å²) in [6.07, 6.45) is 0. The van der Waals surface area contributed by atoms with Gasteiger partial charge in [-0.05, 0) is 29.0 Å². The van der Waals surface area contributed by atoms with Crippen molar-refractivity contribution < 1.29 is 9.66 Å². The fourth-order valence-corrected chi connectivity index (χ4v) is 3.47. The average Bonchev–Trinajstić information content (AvgIpc) is 2.94. The Labute approximate surface area is 130 Å². The number of halogens is 1. The molecule has 1 aromatic heterocycles. The molecule has 3 rings (SSSR count). The van der Waals surface area contributed by atoms with E-state index < -0.39 is 0 Å². The molecule has 0 aliphatic carbocycles. The van der Waals surface area contributed by atoms with Crippen LogP contribution in [0.3, 0.4) is 0 Å². The maximum absolute atomic E-state index is 11.1. The summed E-state index contributed by atoms with van der Waals surface area (Å²) >= 11 is 7.12. The Morgan fingerprint density at radius 3 is 2.52 bits per heavy atom. The van der Waals surface area contributed by atoms with Crippen molar-refractivity contribution in [2.45, 2.75) is 0 Å². The summed E-state index contributed by atoms with van der Waals surface area (Å²) in [4.78, 5) is 12.9. The van der Waals surface area contributed by atoms with E-state index in [0.29, 0.717) is 18.2 Å². The second-order valence-electron chi connectivity index (χ2n) is 4.67. The van der Waals surface area contributed by atoms with E-state index in [1.54, 1.807) is 18.2 Å². The summed E-state index contributed by atoms with van der Waals surface area (Å²) in [5.74, 6) is 0. The predicted octanol–water partition coefficient (Wildman–Crippen LogP) is 3.81. The third-order valence-corrected chi connectivity index (χ3v) is 4.73. The molecule has 2 aromatic rings. The molecule has 5 nitrogen and oxygen atoms in total. The van der Waals surface area contributed by atoms with Crippen LogP contribution < -0.4 is 4.90 Å². The maximum atomic E-state index is 11.1. The fraction of sp³-hybridized carbons (Fsp3) is 0.286. The number of thiophene rings is 1. The third kappa shape index (κ3) is 3.02. The van der Waals surface area contributed by atoms with Gasteiger partial charge in [-0.15, -0.1) is 0 Å². The maximum Gasteiger partial charge on any atom is 0.326 e. The van der Waals surface area contributed by atoms with Crippen LogP contribution in [0.2, 0.25) is 5.02 Å². The van der Waals surface area contributed by atoms with Gasteiger partial charge in [0.05, 0.1) is 18.1 Å². The Balaban J connectivity index is 2.04. The summed E-state index contributed by atoms with van der Waals surface area (Å²) in [5, 5.41) is 12.8. The number of rotatable bonds is 3. The predicted molar refractivity (Wildman–Crippen MR) is 84.5 cm³/mol. The van der Waals surface area contributed by atoms with Gasteiger partial charge >= 0.3 is 5.00 Å². The van der Waals surface area contributed by atoms with Crippen LogP contribution >= 0.6 is 22.9 Å². The molecular weight excluding hydrogens is 312 g/mol. The second kappa shape index (κ2) is 6.01. The van der Waals surface area contributed by atoms with Crippen molar-refractivity contribution >= 4 is 32.9 Å². The van der Waals surface area contributed by atoms with Crippen molar-refractivity contribution in [2.75, 3.05) is 31.2 Å². The van der Waals surface area contributed by atoms with Gasteiger partial charge in [0.25, 0.3) is 0 Å². The van der Waals surface area contributed by atoms with Gasteiger partial charge < -0.3 is 9.64 Å². The molecule has 110 valence electrons. The number of benzene rings is 1. The summed E-state index contributed by atoms with van der Waals surface area (Å²) < 4.78 is 5.35. The molecule has 21 heavy (non-hydrogen) atoms. The first-order valence-corrected chi connectivity index (χ1v) is 7.71. The van der Waals surface area contributed by atoms with Gasteiger partial charge in [-0.3, -0.25) is 10.1 Å². The lowest BCUT2D eigenvalue weighted by Crippen LogP contribution is -2.35. The zero-order valence-corrected chi connectivity index (χ0v) is 12.7. The van der Waals surface area contributed by atoms with Gasteiger partial charge in [0.1, 0.15) is 5.00 Å². The SMILES string of the molecule is O=[N+]([O-])c1cc(-c2ccc(Cl)cc2)c(N2CCOCC2)s1. The number of hydrogen-bond acceptors (Lipinski definition) is 5. The minimum Gasteiger partial charge on any atom is -0.378 e. The van der Waals surface area contributed by atoms with Gasteiger partial charge in [-0.1, -0.05) is 23.7 Å². The molecule has 7 heteroatoms. The third-order valence-electron chi connectivity index (χ3n) is 3.33. The van der Waals surface area contributed by atoms with Crippen LogP contribution in [0.25, 0.3) is 11.1 Å². The highest BCUT2D eigenvalue weighted by molar-refractivity contribution is 7.19. The van der Waals surface area contributed by atoms with Crippen LogP contribution in [-0.2, 0) is 4.74 Å². The number of ether oxygens (including phenoxy) is 1. The van der Waals surface area contributed by atoms with Gasteiger partial charge in [-0.2, -0.15) is 0 Å². The van der Waals surface area contributed by atoms with Crippen LogP contribution in [-0.4, -0.2) is 31.2 Å². The molecule has 1 aliphatic heterocycles. The standard InChI is InChI=1S/C14H13ClN2O3S/c15-11-3-1-10(2-4-11)12-9-13(17(18)19)21-14(12)16-5-7-20-8-6-16/h1-4,9H,5-8H2. The van der Waals surface area contributed by atoms with Crippen molar-refractivity contribution in [3.05, 3.63) is 45.5 Å². The molecule has 1 fully saturated rings. The number of hydrogen-bond donors (Lipinski definition) is 0. The van der Waals surface area contributed by atoms with E-state index in [4.69, 9.17) is 16.3 Å². The summed E-state index contributed by atoms with van der Waals surface area (Å²) in [7, 11) is 0. The Morgan fingerprint density at radius 2 is 1.90 bits per heavy atom. The molecule has 0 spiro atoms. The second-order valence-corrected chi connectivity index (χ2v) is 6.11. The van der Waals surface area contributed by atoms with Crippen LogP contribution in [0.1, 0.15) is 0 Å². The van der Waals surface area contributed by atoms with Gasteiger partial charge in [0.2, 0.25) is 0 Å². The topological polar surface area (TPSA) is 55.6 Å². The van der Waals surface area contributed by atoms with E-state index in [2.05, 4.69) is 4.90 Å². The largest absolute Gasteiger partial charge is 0.378 e. The number of anilines is 1. The minimum atomic E-state index is -0.339. The van der Waals surface area contributed by atoms with Crippen LogP contribution in [0.4, 0.5) is 10.0 Å². The van der Waals surface area contributed by atoms with E-state index in [0.717, 1.165) is 29.2 Å². The lowest BCUT2D eigenvalue weighted by molar-refractivity contribution is -0.380. The van der Waals surface area contributed by atoms with Crippen LogP contribution in [0.15, 0.2) is 30.3 Å². The van der Waals surface area contributed by atoms with Crippen molar-refractivity contribution in [3.63, 3.8) is 0 Å². The summed E-state index contributed by atoms with van der Waals surface area (Å²) in [6.45, 7) is 2.79. The molecule has 0 amide bonds. The number of morpholine rings is 1. The minimum absolute atomic E-state index is 0.154. The van der Waals surface area contributed by atoms with Gasteiger partial charge in [0.15, 0.2) is 0 Å². The molecule has 0 saturated carbocycles. The highest BCUT2D eigenvalue weighted by atomic mass is 35.5. The molecular formula is C14H13ClN2O3S.